The van der Waals surface area contributed by atoms with E-state index >= 15 is 0 Å². The second-order valence-corrected chi connectivity index (χ2v) is 13.5. The van der Waals surface area contributed by atoms with Crippen LogP contribution in [0.3, 0.4) is 0 Å². The van der Waals surface area contributed by atoms with E-state index in [1.807, 2.05) is 0 Å². The van der Waals surface area contributed by atoms with Crippen molar-refractivity contribution in [3.05, 3.63) is 36.5 Å². The molecule has 6 heteroatoms. The summed E-state index contributed by atoms with van der Waals surface area (Å²) < 4.78 is 16.5. The fourth-order valence-electron chi connectivity index (χ4n) is 5.53. The molecule has 0 heterocycles. The van der Waals surface area contributed by atoms with Crippen LogP contribution in [0, 0.1) is 0 Å². The maximum Gasteiger partial charge on any atom is 0.306 e. The second kappa shape index (κ2) is 38.4. The maximum absolute atomic E-state index is 12.6. The second-order valence-electron chi connectivity index (χ2n) is 13.5. The van der Waals surface area contributed by atoms with Crippen molar-refractivity contribution in [3.63, 3.8) is 0 Å². The van der Waals surface area contributed by atoms with Crippen LogP contribution in [0.1, 0.15) is 201 Å². The number of rotatable bonds is 36. The highest BCUT2D eigenvalue weighted by Crippen LogP contribution is 2.13. The first kappa shape index (κ1) is 46.6. The Balaban J connectivity index is 4.40. The molecule has 1 atom stereocenters. The van der Waals surface area contributed by atoms with Gasteiger partial charge in [0.05, 0.1) is 0 Å². The number of esters is 3. The molecule has 1 unspecified atom stereocenters. The van der Waals surface area contributed by atoms with Gasteiger partial charge in [0.2, 0.25) is 0 Å². The Kier molecular flexibility index (Phi) is 36.6. The molecule has 0 aromatic rings. The minimum Gasteiger partial charge on any atom is -0.462 e. The van der Waals surface area contributed by atoms with Crippen LogP contribution >= 0.6 is 0 Å². The summed E-state index contributed by atoms with van der Waals surface area (Å²) in [6.07, 6.45) is 41.4. The highest BCUT2D eigenvalue weighted by Gasteiger charge is 2.19. The molecule has 0 aliphatic heterocycles. The van der Waals surface area contributed by atoms with Crippen LogP contribution in [-0.4, -0.2) is 37.2 Å². The van der Waals surface area contributed by atoms with Crippen molar-refractivity contribution in [3.8, 4) is 0 Å². The van der Waals surface area contributed by atoms with Gasteiger partial charge in [0, 0.05) is 19.3 Å². The molecule has 0 bridgehead atoms. The van der Waals surface area contributed by atoms with Crippen molar-refractivity contribution < 1.29 is 28.6 Å². The Bertz CT molecular complexity index is 845. The molecule has 0 radical (unpaired) electrons. The molecular formula is C43H76O6. The molecule has 0 N–H and O–H groups in total. The molecule has 0 aliphatic rings. The van der Waals surface area contributed by atoms with E-state index in [0.29, 0.717) is 19.3 Å². The topological polar surface area (TPSA) is 78.9 Å². The summed E-state index contributed by atoms with van der Waals surface area (Å²) in [6, 6.07) is 0. The van der Waals surface area contributed by atoms with Gasteiger partial charge in [-0.15, -0.1) is 0 Å². The van der Waals surface area contributed by atoms with Gasteiger partial charge < -0.3 is 14.2 Å². The lowest BCUT2D eigenvalue weighted by molar-refractivity contribution is -0.167. The quantitative estimate of drug-likeness (QED) is 0.0282. The van der Waals surface area contributed by atoms with E-state index in [0.717, 1.165) is 77.0 Å². The number of carbonyl (C=O) groups excluding carboxylic acids is 3. The average Bonchev–Trinajstić information content (AvgIpc) is 3.10. The first-order valence-electron chi connectivity index (χ1n) is 20.5. The standard InChI is InChI=1S/C43H76O6/c1-4-7-10-13-16-19-20-21-22-25-27-30-33-36-42(45)48-39-40(49-43(46)37-34-31-28-24-18-15-12-9-6-3)38-47-41(44)35-32-29-26-23-17-14-11-8-5-2/h9,12,18,21-22,24,40H,4-8,10-11,13-17,19-20,23,25-39H2,1-3H3/b12-9-,22-21-,24-18-. The largest absolute Gasteiger partial charge is 0.462 e. The van der Waals surface area contributed by atoms with Crippen molar-refractivity contribution in [1.82, 2.24) is 0 Å². The van der Waals surface area contributed by atoms with Crippen molar-refractivity contribution in [2.75, 3.05) is 13.2 Å². The van der Waals surface area contributed by atoms with E-state index in [-0.39, 0.29) is 37.5 Å². The zero-order valence-corrected chi connectivity index (χ0v) is 32.2. The summed E-state index contributed by atoms with van der Waals surface area (Å²) in [5.74, 6) is -0.950. The van der Waals surface area contributed by atoms with Crippen LogP contribution in [0.25, 0.3) is 0 Å². The van der Waals surface area contributed by atoms with Gasteiger partial charge in [-0.2, -0.15) is 0 Å². The third-order valence-corrected chi connectivity index (χ3v) is 8.63. The fraction of sp³-hybridized carbons (Fsp3) is 0.791. The Hall–Kier alpha value is -2.37. The highest BCUT2D eigenvalue weighted by molar-refractivity contribution is 5.71. The first-order chi connectivity index (χ1) is 24.0. The molecule has 0 spiro atoms. The van der Waals surface area contributed by atoms with Crippen LogP contribution in [0.15, 0.2) is 36.5 Å². The molecule has 0 aromatic carbocycles. The number of carbonyl (C=O) groups is 3. The smallest absolute Gasteiger partial charge is 0.306 e. The van der Waals surface area contributed by atoms with Crippen molar-refractivity contribution >= 4 is 17.9 Å². The maximum atomic E-state index is 12.6. The molecule has 6 nitrogen and oxygen atoms in total. The lowest BCUT2D eigenvalue weighted by Crippen LogP contribution is -2.30. The summed E-state index contributed by atoms with van der Waals surface area (Å²) in [4.78, 5) is 37.4. The zero-order valence-electron chi connectivity index (χ0n) is 32.2. The number of unbranched alkanes of at least 4 members (excludes halogenated alkanes) is 19. The molecule has 0 saturated heterocycles. The van der Waals surface area contributed by atoms with Crippen molar-refractivity contribution in [2.24, 2.45) is 0 Å². The molecule has 0 aliphatic carbocycles. The minimum atomic E-state index is -0.787. The SMILES string of the molecule is CC/C=C\C/C=C\CCCCC(=O)OC(COC(=O)CCCCC/C=C\CCCCCCCC)COC(=O)CCCCCCCCCCC. The Morgan fingerprint density at radius 2 is 0.796 bits per heavy atom. The molecule has 284 valence electrons. The first-order valence-corrected chi connectivity index (χ1v) is 20.5. The van der Waals surface area contributed by atoms with Crippen LogP contribution in [0.4, 0.5) is 0 Å². The zero-order chi connectivity index (χ0) is 35.9. The fourth-order valence-corrected chi connectivity index (χ4v) is 5.53. The summed E-state index contributed by atoms with van der Waals surface area (Å²) in [5, 5.41) is 0. The van der Waals surface area contributed by atoms with Gasteiger partial charge in [-0.05, 0) is 70.6 Å². The lowest BCUT2D eigenvalue weighted by Gasteiger charge is -2.18. The molecule has 0 amide bonds. The van der Waals surface area contributed by atoms with Gasteiger partial charge in [-0.25, -0.2) is 0 Å². The van der Waals surface area contributed by atoms with E-state index in [9.17, 15) is 14.4 Å². The Morgan fingerprint density at radius 1 is 0.429 bits per heavy atom. The van der Waals surface area contributed by atoms with Crippen LogP contribution in [0.5, 0.6) is 0 Å². The summed E-state index contributed by atoms with van der Waals surface area (Å²) in [6.45, 7) is 6.42. The summed E-state index contributed by atoms with van der Waals surface area (Å²) >= 11 is 0. The van der Waals surface area contributed by atoms with Gasteiger partial charge in [0.15, 0.2) is 6.10 Å². The highest BCUT2D eigenvalue weighted by atomic mass is 16.6. The third-order valence-electron chi connectivity index (χ3n) is 8.63. The molecular weight excluding hydrogens is 612 g/mol. The normalized spacial score (nSPS) is 12.3. The van der Waals surface area contributed by atoms with E-state index < -0.39 is 6.10 Å². The monoisotopic (exact) mass is 689 g/mol. The average molecular weight is 689 g/mol. The van der Waals surface area contributed by atoms with Gasteiger partial charge in [0.25, 0.3) is 0 Å². The summed E-state index contributed by atoms with van der Waals surface area (Å²) in [7, 11) is 0. The van der Waals surface area contributed by atoms with E-state index in [2.05, 4.69) is 57.2 Å². The Morgan fingerprint density at radius 3 is 1.31 bits per heavy atom. The molecule has 0 rings (SSSR count). The number of hydrogen-bond donors (Lipinski definition) is 0. The third kappa shape index (κ3) is 36.7. The van der Waals surface area contributed by atoms with Gasteiger partial charge in [0.1, 0.15) is 13.2 Å². The van der Waals surface area contributed by atoms with Gasteiger partial charge in [-0.1, -0.05) is 147 Å². The van der Waals surface area contributed by atoms with E-state index in [1.54, 1.807) is 0 Å². The Labute approximate surface area is 302 Å². The number of allylic oxidation sites excluding steroid dienone is 6. The van der Waals surface area contributed by atoms with E-state index in [1.165, 1.54) is 77.0 Å². The molecule has 49 heavy (non-hydrogen) atoms. The van der Waals surface area contributed by atoms with Gasteiger partial charge in [-0.3, -0.25) is 14.4 Å². The number of ether oxygens (including phenoxy) is 3. The van der Waals surface area contributed by atoms with E-state index in [4.69, 9.17) is 14.2 Å². The van der Waals surface area contributed by atoms with Crippen LogP contribution in [0.2, 0.25) is 0 Å². The number of hydrogen-bond acceptors (Lipinski definition) is 6. The van der Waals surface area contributed by atoms with Crippen molar-refractivity contribution in [1.29, 1.82) is 0 Å². The van der Waals surface area contributed by atoms with Crippen LogP contribution in [-0.2, 0) is 28.6 Å². The van der Waals surface area contributed by atoms with Crippen LogP contribution < -0.4 is 0 Å². The predicted octanol–water partition coefficient (Wildman–Crippen LogP) is 12.6. The predicted molar refractivity (Wildman–Crippen MR) is 206 cm³/mol. The molecule has 0 aromatic heterocycles. The molecule has 0 saturated carbocycles. The lowest BCUT2D eigenvalue weighted by atomic mass is 10.1. The molecule has 0 fully saturated rings. The summed E-state index contributed by atoms with van der Waals surface area (Å²) in [5.41, 5.74) is 0. The van der Waals surface area contributed by atoms with Crippen molar-refractivity contribution in [2.45, 2.75) is 207 Å². The minimum absolute atomic E-state index is 0.0889. The van der Waals surface area contributed by atoms with Gasteiger partial charge >= 0.3 is 17.9 Å².